The third-order valence-electron chi connectivity index (χ3n) is 3.28. The Kier molecular flexibility index (Phi) is 2.11. The summed E-state index contributed by atoms with van der Waals surface area (Å²) in [6.45, 7) is 1.72. The third-order valence-corrected chi connectivity index (χ3v) is 5.24. The van der Waals surface area contributed by atoms with Crippen LogP contribution in [0.15, 0.2) is 0 Å². The molecule has 86 valence electrons. The van der Waals surface area contributed by atoms with Crippen LogP contribution in [0.5, 0.6) is 0 Å². The van der Waals surface area contributed by atoms with Crippen molar-refractivity contribution in [3.05, 3.63) is 0 Å². The maximum Gasteiger partial charge on any atom is 0.217 e. The van der Waals surface area contributed by atoms with Crippen molar-refractivity contribution in [1.82, 2.24) is 4.72 Å². The minimum Gasteiger partial charge on any atom is -0.369 e. The van der Waals surface area contributed by atoms with E-state index in [0.717, 1.165) is 0 Å². The highest BCUT2D eigenvalue weighted by Crippen LogP contribution is 2.44. The molecular formula is C8H12ClNO4S. The molecule has 6 atom stereocenters. The van der Waals surface area contributed by atoms with Crippen LogP contribution >= 0.6 is 11.6 Å². The van der Waals surface area contributed by atoms with Crippen molar-refractivity contribution >= 4 is 21.6 Å². The van der Waals surface area contributed by atoms with Gasteiger partial charge in [-0.3, -0.25) is 0 Å². The van der Waals surface area contributed by atoms with E-state index in [1.54, 1.807) is 6.92 Å². The number of hydrogen-bond donors (Lipinski definition) is 1. The maximum absolute atomic E-state index is 11.6. The van der Waals surface area contributed by atoms with Crippen molar-refractivity contribution in [1.29, 1.82) is 0 Å². The molecule has 0 aromatic rings. The molecule has 3 fully saturated rings. The van der Waals surface area contributed by atoms with Crippen molar-refractivity contribution in [3.63, 3.8) is 0 Å². The smallest absolute Gasteiger partial charge is 0.217 e. The van der Waals surface area contributed by atoms with Crippen LogP contribution in [-0.2, 0) is 19.5 Å². The molecule has 3 rings (SSSR count). The Morgan fingerprint density at radius 2 is 2.33 bits per heavy atom. The first-order chi connectivity index (χ1) is 6.99. The molecule has 7 heteroatoms. The molecule has 0 aliphatic carbocycles. The summed E-state index contributed by atoms with van der Waals surface area (Å²) < 4.78 is 36.9. The van der Waals surface area contributed by atoms with Crippen LogP contribution in [0.4, 0.5) is 0 Å². The fraction of sp³-hybridized carbons (Fsp3) is 1.00. The van der Waals surface area contributed by atoms with Gasteiger partial charge in [0.2, 0.25) is 10.0 Å². The van der Waals surface area contributed by atoms with E-state index < -0.39 is 20.8 Å². The fourth-order valence-electron chi connectivity index (χ4n) is 2.76. The standard InChI is InChI=1S/C8H12ClNO4S/c1-3(9)13-7-4-2-5-8(14-4)6(7)10-15(5,11)12/h3-8,10H,2H2,1H3. The van der Waals surface area contributed by atoms with E-state index in [1.807, 2.05) is 0 Å². The van der Waals surface area contributed by atoms with Gasteiger partial charge in [-0.25, -0.2) is 13.1 Å². The molecule has 3 heterocycles. The zero-order valence-electron chi connectivity index (χ0n) is 8.09. The number of fused-ring (bicyclic) bond motifs is 1. The summed E-state index contributed by atoms with van der Waals surface area (Å²) in [4.78, 5) is 0. The Balaban J connectivity index is 1.88. The van der Waals surface area contributed by atoms with E-state index in [2.05, 4.69) is 4.72 Å². The van der Waals surface area contributed by atoms with Crippen LogP contribution in [0.3, 0.4) is 0 Å². The van der Waals surface area contributed by atoms with E-state index >= 15 is 0 Å². The molecule has 0 aromatic heterocycles. The number of halogens is 1. The van der Waals surface area contributed by atoms with E-state index in [1.165, 1.54) is 0 Å². The first-order valence-corrected chi connectivity index (χ1v) is 6.93. The summed E-state index contributed by atoms with van der Waals surface area (Å²) in [5, 5.41) is -0.391. The zero-order chi connectivity index (χ0) is 10.8. The number of sulfonamides is 1. The SMILES string of the molecule is CC(Cl)OC1C2CC3C(O2)C1NS3(=O)=O. The number of ether oxygens (including phenoxy) is 2. The lowest BCUT2D eigenvalue weighted by molar-refractivity contribution is -0.0141. The predicted octanol–water partition coefficient (Wildman–Crippen LogP) is -0.202. The molecule has 3 aliphatic heterocycles. The highest BCUT2D eigenvalue weighted by atomic mass is 35.5. The van der Waals surface area contributed by atoms with Gasteiger partial charge < -0.3 is 9.47 Å². The van der Waals surface area contributed by atoms with E-state index in [-0.39, 0.29) is 24.4 Å². The molecule has 2 bridgehead atoms. The van der Waals surface area contributed by atoms with Crippen molar-refractivity contribution < 1.29 is 17.9 Å². The molecule has 6 unspecified atom stereocenters. The first-order valence-electron chi connectivity index (χ1n) is 4.95. The van der Waals surface area contributed by atoms with Crippen molar-refractivity contribution in [2.45, 2.75) is 48.5 Å². The second-order valence-electron chi connectivity index (χ2n) is 4.25. The summed E-state index contributed by atoms with van der Waals surface area (Å²) >= 11 is 5.75. The lowest BCUT2D eigenvalue weighted by Gasteiger charge is -2.24. The van der Waals surface area contributed by atoms with Gasteiger partial charge >= 0.3 is 0 Å². The van der Waals surface area contributed by atoms with E-state index in [0.29, 0.717) is 6.42 Å². The molecule has 1 N–H and O–H groups in total. The molecule has 15 heavy (non-hydrogen) atoms. The van der Waals surface area contributed by atoms with Crippen LogP contribution in [0.2, 0.25) is 0 Å². The highest BCUT2D eigenvalue weighted by Gasteiger charge is 2.64. The Hall–Kier alpha value is 0.120. The first kappa shape index (κ1) is 10.3. The topological polar surface area (TPSA) is 64.6 Å². The molecule has 5 nitrogen and oxygen atoms in total. The van der Waals surface area contributed by atoms with Gasteiger partial charge in [0.1, 0.15) is 16.9 Å². The fourth-order valence-corrected chi connectivity index (χ4v) is 4.73. The van der Waals surface area contributed by atoms with Gasteiger partial charge in [-0.15, -0.1) is 0 Å². The van der Waals surface area contributed by atoms with E-state index in [9.17, 15) is 8.42 Å². The molecule has 3 saturated heterocycles. The van der Waals surface area contributed by atoms with Crippen LogP contribution in [-0.4, -0.2) is 43.6 Å². The van der Waals surface area contributed by atoms with Gasteiger partial charge in [-0.1, -0.05) is 11.6 Å². The highest BCUT2D eigenvalue weighted by molar-refractivity contribution is 7.90. The number of alkyl halides is 1. The number of nitrogens with one attached hydrogen (secondary N) is 1. The van der Waals surface area contributed by atoms with Gasteiger partial charge in [0.25, 0.3) is 0 Å². The Morgan fingerprint density at radius 3 is 3.00 bits per heavy atom. The summed E-state index contributed by atoms with van der Waals surface area (Å²) in [7, 11) is -3.20. The Labute approximate surface area is 93.1 Å². The van der Waals surface area contributed by atoms with Crippen LogP contribution in [0.1, 0.15) is 13.3 Å². The lowest BCUT2D eigenvalue weighted by atomic mass is 9.93. The second kappa shape index (κ2) is 3.07. The van der Waals surface area contributed by atoms with Crippen molar-refractivity contribution in [3.8, 4) is 0 Å². The van der Waals surface area contributed by atoms with Gasteiger partial charge in [-0.05, 0) is 13.3 Å². The van der Waals surface area contributed by atoms with Crippen molar-refractivity contribution in [2.75, 3.05) is 0 Å². The van der Waals surface area contributed by atoms with Gasteiger partial charge in [-0.2, -0.15) is 0 Å². The summed E-state index contributed by atoms with van der Waals surface area (Å²) in [6, 6.07) is -0.250. The largest absolute Gasteiger partial charge is 0.369 e. The summed E-state index contributed by atoms with van der Waals surface area (Å²) in [6.07, 6.45) is -0.0995. The predicted molar refractivity (Wildman–Crippen MR) is 53.1 cm³/mol. The minimum absolute atomic E-state index is 0.129. The molecular weight excluding hydrogens is 242 g/mol. The molecule has 0 aromatic carbocycles. The van der Waals surface area contributed by atoms with E-state index in [4.69, 9.17) is 21.1 Å². The molecule has 0 saturated carbocycles. The quantitative estimate of drug-likeness (QED) is 0.692. The number of rotatable bonds is 2. The zero-order valence-corrected chi connectivity index (χ0v) is 9.66. The molecule has 0 spiro atoms. The molecule has 3 aliphatic rings. The van der Waals surface area contributed by atoms with Crippen molar-refractivity contribution in [2.24, 2.45) is 0 Å². The summed E-state index contributed by atoms with van der Waals surface area (Å²) in [5.41, 5.74) is -0.429. The Morgan fingerprint density at radius 1 is 1.60 bits per heavy atom. The van der Waals surface area contributed by atoms with Crippen LogP contribution in [0.25, 0.3) is 0 Å². The van der Waals surface area contributed by atoms with Gasteiger partial charge in [0.05, 0.1) is 18.2 Å². The Bertz CT molecular complexity index is 384. The lowest BCUT2D eigenvalue weighted by Crippen LogP contribution is -2.44. The molecule has 0 amide bonds. The maximum atomic E-state index is 11.6. The second-order valence-corrected chi connectivity index (χ2v) is 6.79. The number of hydrogen-bond acceptors (Lipinski definition) is 4. The van der Waals surface area contributed by atoms with Crippen LogP contribution in [0, 0.1) is 0 Å². The van der Waals surface area contributed by atoms with Gasteiger partial charge in [0, 0.05) is 0 Å². The molecule has 0 radical (unpaired) electrons. The van der Waals surface area contributed by atoms with Crippen LogP contribution < -0.4 is 4.72 Å². The van der Waals surface area contributed by atoms with Gasteiger partial charge in [0.15, 0.2) is 0 Å². The average Bonchev–Trinajstić information content (AvgIpc) is 2.67. The monoisotopic (exact) mass is 253 g/mol. The minimum atomic E-state index is -3.20. The normalized spacial score (nSPS) is 52.3. The summed E-state index contributed by atoms with van der Waals surface area (Å²) in [5.74, 6) is 0. The average molecular weight is 254 g/mol. The third kappa shape index (κ3) is 1.36.